The van der Waals surface area contributed by atoms with Crippen LogP contribution in [-0.4, -0.2) is 58.0 Å². The molecule has 0 aliphatic carbocycles. The second kappa shape index (κ2) is 12.2. The van der Waals surface area contributed by atoms with Gasteiger partial charge in [-0.3, -0.25) is 9.80 Å². The second-order valence-corrected chi connectivity index (χ2v) is 12.4. The highest BCUT2D eigenvalue weighted by atomic mass is 35.5. The number of rotatable bonds is 2. The summed E-state index contributed by atoms with van der Waals surface area (Å²) in [4.78, 5) is 4.83. The lowest BCUT2D eigenvalue weighted by molar-refractivity contribution is 0.171. The Morgan fingerprint density at radius 3 is 2.13 bits per heavy atom. The third-order valence-corrected chi connectivity index (χ3v) is 9.84. The number of ether oxygens (including phenoxy) is 6. The Morgan fingerprint density at radius 1 is 0.652 bits per heavy atom. The number of hydrogen-bond donors (Lipinski definition) is 0. The predicted octanol–water partition coefficient (Wildman–Crippen LogP) is 7.30. The van der Waals surface area contributed by atoms with Gasteiger partial charge in [0, 0.05) is 30.7 Å². The van der Waals surface area contributed by atoms with Gasteiger partial charge in [0.25, 0.3) is 0 Å². The molecule has 0 saturated carbocycles. The van der Waals surface area contributed by atoms with Crippen LogP contribution in [0.5, 0.6) is 46.0 Å². The number of benzene rings is 4. The standard InChI is InChI=1S/C37H38N2O6.ClH/c1-38-13-11-24-18-31(41-4)33-20-27(24)28(38)16-23-7-10-30(40-3)32(17-23)44-26-8-5-22(6-9-26)15-29-35-25(12-14-39(29)2)19-34-36(37(35)45-33)43-21-42-34;/h5-10,17-20,28-29H,11-16,21H2,1-4H3;1H/t28-,29+;/m1./s1. The van der Waals surface area contributed by atoms with Crippen LogP contribution in [0, 0.1) is 0 Å². The number of fused-ring (bicyclic) bond motifs is 3. The summed E-state index contributed by atoms with van der Waals surface area (Å²) in [5, 5.41) is 0. The Labute approximate surface area is 276 Å². The molecule has 9 rings (SSSR count). The minimum absolute atomic E-state index is 0. The first-order chi connectivity index (χ1) is 22.0. The predicted molar refractivity (Wildman–Crippen MR) is 178 cm³/mol. The topological polar surface area (TPSA) is 61.9 Å². The molecule has 8 nitrogen and oxygen atoms in total. The van der Waals surface area contributed by atoms with Crippen molar-refractivity contribution in [2.24, 2.45) is 0 Å². The molecule has 5 heterocycles. The van der Waals surface area contributed by atoms with E-state index in [1.165, 1.54) is 22.3 Å². The SMILES string of the molecule is COc1ccc2cc1Oc1ccc(cc1)C[C@H]1c3c(cc4c(c3Oc3cc5c(cc3OC)CCN(C)[C@@H]5C2)OCO4)CCN1C.Cl. The first-order valence-electron chi connectivity index (χ1n) is 15.7. The summed E-state index contributed by atoms with van der Waals surface area (Å²) in [5.41, 5.74) is 7.25. The summed E-state index contributed by atoms with van der Waals surface area (Å²) >= 11 is 0. The maximum Gasteiger partial charge on any atom is 0.231 e. The van der Waals surface area contributed by atoms with Crippen molar-refractivity contribution in [3.63, 3.8) is 0 Å². The van der Waals surface area contributed by atoms with Gasteiger partial charge < -0.3 is 28.4 Å². The summed E-state index contributed by atoms with van der Waals surface area (Å²) in [5.74, 6) is 5.71. The first-order valence-corrected chi connectivity index (χ1v) is 15.7. The smallest absolute Gasteiger partial charge is 0.231 e. The van der Waals surface area contributed by atoms with Crippen molar-refractivity contribution in [2.45, 2.75) is 37.8 Å². The largest absolute Gasteiger partial charge is 0.493 e. The van der Waals surface area contributed by atoms with Crippen molar-refractivity contribution in [3.8, 4) is 46.0 Å². The van der Waals surface area contributed by atoms with Gasteiger partial charge in [0.15, 0.2) is 34.5 Å². The first kappa shape index (κ1) is 30.5. The molecule has 5 aliphatic rings. The summed E-state index contributed by atoms with van der Waals surface area (Å²) in [6.07, 6.45) is 3.43. The van der Waals surface area contributed by atoms with E-state index in [0.29, 0.717) is 28.7 Å². The molecule has 2 atom stereocenters. The fourth-order valence-electron chi connectivity index (χ4n) is 7.33. The van der Waals surface area contributed by atoms with Gasteiger partial charge in [0.2, 0.25) is 12.5 Å². The van der Waals surface area contributed by atoms with Crippen LogP contribution in [0.1, 0.15) is 45.5 Å². The van der Waals surface area contributed by atoms with E-state index in [-0.39, 0.29) is 31.3 Å². The second-order valence-electron chi connectivity index (χ2n) is 12.4. The van der Waals surface area contributed by atoms with E-state index in [0.717, 1.165) is 67.1 Å². The number of halogens is 1. The molecule has 4 aromatic carbocycles. The zero-order valence-corrected chi connectivity index (χ0v) is 27.4. The van der Waals surface area contributed by atoms with Crippen LogP contribution >= 0.6 is 12.4 Å². The highest BCUT2D eigenvalue weighted by Gasteiger charge is 2.36. The van der Waals surface area contributed by atoms with Crippen molar-refractivity contribution >= 4 is 12.4 Å². The Hall–Kier alpha value is -4.11. The molecular formula is C37H39ClN2O6. The molecule has 0 spiro atoms. The number of likely N-dealkylation sites (N-methyl/N-ethyl adjacent to an activating group) is 2. The van der Waals surface area contributed by atoms with E-state index in [1.807, 2.05) is 18.2 Å². The highest BCUT2D eigenvalue weighted by molar-refractivity contribution is 5.85. The van der Waals surface area contributed by atoms with Crippen LogP contribution in [-0.2, 0) is 25.7 Å². The molecule has 6 bridgehead atoms. The lowest BCUT2D eigenvalue weighted by Crippen LogP contribution is -2.34. The molecule has 0 amide bonds. The van der Waals surface area contributed by atoms with Crippen LogP contribution in [0.2, 0.25) is 0 Å². The minimum atomic E-state index is 0. The van der Waals surface area contributed by atoms with E-state index in [9.17, 15) is 0 Å². The van der Waals surface area contributed by atoms with Crippen molar-refractivity contribution < 1.29 is 28.4 Å². The summed E-state index contributed by atoms with van der Waals surface area (Å²) in [7, 11) is 7.77. The van der Waals surface area contributed by atoms with Gasteiger partial charge in [-0.1, -0.05) is 18.2 Å². The maximum atomic E-state index is 7.00. The molecule has 240 valence electrons. The number of nitrogens with zero attached hydrogens (tertiary/aromatic N) is 2. The Kier molecular flexibility index (Phi) is 8.13. The molecule has 5 aliphatic heterocycles. The third-order valence-electron chi connectivity index (χ3n) is 9.84. The molecule has 0 aromatic heterocycles. The van der Waals surface area contributed by atoms with Crippen molar-refractivity contribution in [3.05, 3.63) is 94.0 Å². The fourth-order valence-corrected chi connectivity index (χ4v) is 7.33. The zero-order valence-electron chi connectivity index (χ0n) is 26.6. The Balaban J connectivity index is 0.00000338. The van der Waals surface area contributed by atoms with Gasteiger partial charge in [-0.2, -0.15) is 0 Å². The van der Waals surface area contributed by atoms with Gasteiger partial charge in [0.1, 0.15) is 5.75 Å². The maximum absolute atomic E-state index is 7.00. The molecule has 0 radical (unpaired) electrons. The van der Waals surface area contributed by atoms with E-state index >= 15 is 0 Å². The number of methoxy groups -OCH3 is 2. The van der Waals surface area contributed by atoms with Gasteiger partial charge in [0.05, 0.1) is 14.2 Å². The Morgan fingerprint density at radius 2 is 1.35 bits per heavy atom. The van der Waals surface area contributed by atoms with Gasteiger partial charge in [-0.25, -0.2) is 0 Å². The molecule has 0 unspecified atom stereocenters. The fraction of sp³-hybridized carbons (Fsp3) is 0.351. The monoisotopic (exact) mass is 642 g/mol. The zero-order chi connectivity index (χ0) is 30.7. The molecule has 0 saturated heterocycles. The average molecular weight is 643 g/mol. The van der Waals surface area contributed by atoms with E-state index in [2.05, 4.69) is 66.4 Å². The van der Waals surface area contributed by atoms with Crippen LogP contribution in [0.15, 0.2) is 60.7 Å². The molecule has 0 N–H and O–H groups in total. The van der Waals surface area contributed by atoms with E-state index in [1.54, 1.807) is 14.2 Å². The lowest BCUT2D eigenvalue weighted by atomic mass is 9.87. The molecule has 9 heteroatoms. The lowest BCUT2D eigenvalue weighted by Gasteiger charge is -2.37. The molecular weight excluding hydrogens is 604 g/mol. The molecule has 46 heavy (non-hydrogen) atoms. The Bertz CT molecular complexity index is 1780. The van der Waals surface area contributed by atoms with Gasteiger partial charge >= 0.3 is 0 Å². The van der Waals surface area contributed by atoms with Crippen molar-refractivity contribution in [1.29, 1.82) is 0 Å². The van der Waals surface area contributed by atoms with Crippen LogP contribution in [0.25, 0.3) is 0 Å². The minimum Gasteiger partial charge on any atom is -0.493 e. The normalized spacial score (nSPS) is 19.9. The van der Waals surface area contributed by atoms with Gasteiger partial charge in [-0.15, -0.1) is 12.4 Å². The van der Waals surface area contributed by atoms with Gasteiger partial charge in [-0.05, 0) is 110 Å². The van der Waals surface area contributed by atoms with Crippen LogP contribution < -0.4 is 28.4 Å². The summed E-state index contributed by atoms with van der Waals surface area (Å²) < 4.78 is 37.1. The number of hydrogen-bond acceptors (Lipinski definition) is 8. The van der Waals surface area contributed by atoms with Crippen LogP contribution in [0.4, 0.5) is 0 Å². The third kappa shape index (κ3) is 5.28. The highest BCUT2D eigenvalue weighted by Crippen LogP contribution is 2.53. The molecule has 4 aromatic rings. The van der Waals surface area contributed by atoms with E-state index < -0.39 is 0 Å². The summed E-state index contributed by atoms with van der Waals surface area (Å²) in [6.45, 7) is 2.06. The quantitative estimate of drug-likeness (QED) is 0.226. The summed E-state index contributed by atoms with van der Waals surface area (Å²) in [6, 6.07) is 21.3. The van der Waals surface area contributed by atoms with Crippen molar-refractivity contribution in [2.75, 3.05) is 48.2 Å². The average Bonchev–Trinajstić information content (AvgIpc) is 3.53. The van der Waals surface area contributed by atoms with Crippen molar-refractivity contribution in [1.82, 2.24) is 9.80 Å². The molecule has 0 fully saturated rings. The van der Waals surface area contributed by atoms with Crippen LogP contribution in [0.3, 0.4) is 0 Å². The van der Waals surface area contributed by atoms with E-state index in [4.69, 9.17) is 28.4 Å².